The molecule has 16 heavy (non-hydrogen) atoms. The summed E-state index contributed by atoms with van der Waals surface area (Å²) in [6.45, 7) is 3.90. The van der Waals surface area contributed by atoms with Crippen LogP contribution in [0.1, 0.15) is 19.3 Å². The molecule has 0 bridgehead atoms. The minimum absolute atomic E-state index is 0.0785. The highest BCUT2D eigenvalue weighted by Crippen LogP contribution is 2.18. The van der Waals surface area contributed by atoms with Gasteiger partial charge in [-0.05, 0) is 19.4 Å². The van der Waals surface area contributed by atoms with E-state index in [1.807, 2.05) is 0 Å². The Morgan fingerprint density at radius 1 is 1.38 bits per heavy atom. The van der Waals surface area contributed by atoms with Crippen LogP contribution in [-0.4, -0.2) is 55.1 Å². The first-order valence-electron chi connectivity index (χ1n) is 5.94. The molecule has 0 radical (unpaired) electrons. The van der Waals surface area contributed by atoms with Gasteiger partial charge >= 0.3 is 5.97 Å². The van der Waals surface area contributed by atoms with Crippen molar-refractivity contribution in [2.24, 2.45) is 5.92 Å². The van der Waals surface area contributed by atoms with Gasteiger partial charge in [-0.25, -0.2) is 0 Å². The Labute approximate surface area is 95.3 Å². The maximum atomic E-state index is 10.9. The largest absolute Gasteiger partial charge is 0.481 e. The van der Waals surface area contributed by atoms with Crippen molar-refractivity contribution in [3.05, 3.63) is 0 Å². The molecular formula is C11H19NO4. The molecule has 5 nitrogen and oxygen atoms in total. The number of ether oxygens (including phenoxy) is 2. The van der Waals surface area contributed by atoms with E-state index >= 15 is 0 Å². The van der Waals surface area contributed by atoms with Crippen molar-refractivity contribution in [2.45, 2.75) is 25.6 Å². The summed E-state index contributed by atoms with van der Waals surface area (Å²) in [5, 5.41) is 8.96. The lowest BCUT2D eigenvalue weighted by molar-refractivity contribution is -0.143. The third-order valence-corrected chi connectivity index (χ3v) is 3.23. The minimum atomic E-state index is -0.668. The molecule has 2 rings (SSSR count). The Bertz CT molecular complexity index is 240. The van der Waals surface area contributed by atoms with Crippen molar-refractivity contribution in [3.63, 3.8) is 0 Å². The fraction of sp³-hybridized carbons (Fsp3) is 0.909. The van der Waals surface area contributed by atoms with Gasteiger partial charge in [0.1, 0.15) is 0 Å². The van der Waals surface area contributed by atoms with E-state index in [4.69, 9.17) is 14.6 Å². The van der Waals surface area contributed by atoms with Crippen molar-refractivity contribution in [1.29, 1.82) is 0 Å². The summed E-state index contributed by atoms with van der Waals surface area (Å²) in [7, 11) is 0. The highest BCUT2D eigenvalue weighted by Gasteiger charge is 2.26. The number of hydrogen-bond donors (Lipinski definition) is 1. The van der Waals surface area contributed by atoms with Crippen molar-refractivity contribution in [2.75, 3.05) is 32.8 Å². The molecule has 2 saturated heterocycles. The fourth-order valence-electron chi connectivity index (χ4n) is 2.32. The number of nitrogens with zero attached hydrogens (tertiary/aromatic N) is 1. The summed E-state index contributed by atoms with van der Waals surface area (Å²) >= 11 is 0. The number of carboxylic acid groups (broad SMARTS) is 1. The highest BCUT2D eigenvalue weighted by atomic mass is 16.7. The van der Waals surface area contributed by atoms with E-state index < -0.39 is 5.97 Å². The van der Waals surface area contributed by atoms with Crippen LogP contribution in [0.3, 0.4) is 0 Å². The molecule has 5 heteroatoms. The molecule has 2 heterocycles. The van der Waals surface area contributed by atoms with E-state index in [0.29, 0.717) is 19.8 Å². The Morgan fingerprint density at radius 3 is 2.81 bits per heavy atom. The zero-order chi connectivity index (χ0) is 11.4. The number of carboxylic acids is 1. The van der Waals surface area contributed by atoms with Crippen LogP contribution < -0.4 is 0 Å². The molecule has 0 aromatic rings. The van der Waals surface area contributed by atoms with E-state index in [9.17, 15) is 4.79 Å². The van der Waals surface area contributed by atoms with Gasteiger partial charge in [0.15, 0.2) is 6.29 Å². The number of likely N-dealkylation sites (tertiary alicyclic amines) is 1. The van der Waals surface area contributed by atoms with E-state index in [1.165, 1.54) is 0 Å². The summed E-state index contributed by atoms with van der Waals surface area (Å²) < 4.78 is 10.7. The first kappa shape index (κ1) is 11.8. The van der Waals surface area contributed by atoms with Crippen molar-refractivity contribution in [3.8, 4) is 0 Å². The molecule has 2 fully saturated rings. The van der Waals surface area contributed by atoms with E-state index in [0.717, 1.165) is 32.4 Å². The molecule has 2 aliphatic heterocycles. The number of carbonyl (C=O) groups is 1. The Hall–Kier alpha value is -0.650. The van der Waals surface area contributed by atoms with Gasteiger partial charge in [0.2, 0.25) is 0 Å². The Balaban J connectivity index is 1.70. The molecule has 1 N–H and O–H groups in total. The first-order valence-corrected chi connectivity index (χ1v) is 5.94. The van der Waals surface area contributed by atoms with E-state index in [-0.39, 0.29) is 12.2 Å². The molecule has 0 aromatic heterocycles. The average Bonchev–Trinajstić information content (AvgIpc) is 2.79. The number of hydrogen-bond acceptors (Lipinski definition) is 4. The van der Waals surface area contributed by atoms with Gasteiger partial charge in [-0.1, -0.05) is 0 Å². The smallest absolute Gasteiger partial charge is 0.307 e. The molecule has 92 valence electrons. The average molecular weight is 229 g/mol. The summed E-state index contributed by atoms with van der Waals surface area (Å²) in [5.41, 5.74) is 0. The fourth-order valence-corrected chi connectivity index (χ4v) is 2.32. The third kappa shape index (κ3) is 3.17. The third-order valence-electron chi connectivity index (χ3n) is 3.23. The van der Waals surface area contributed by atoms with Gasteiger partial charge in [0.05, 0.1) is 19.1 Å². The van der Waals surface area contributed by atoms with Crippen LogP contribution in [0, 0.1) is 5.92 Å². The van der Waals surface area contributed by atoms with Crippen molar-refractivity contribution in [1.82, 2.24) is 4.90 Å². The Morgan fingerprint density at radius 2 is 2.12 bits per heavy atom. The van der Waals surface area contributed by atoms with Gasteiger partial charge in [-0.15, -0.1) is 0 Å². The first-order chi connectivity index (χ1) is 7.75. The predicted octanol–water partition coefficient (Wildman–Crippen LogP) is 0.546. The van der Waals surface area contributed by atoms with E-state index in [1.54, 1.807) is 0 Å². The predicted molar refractivity (Wildman–Crippen MR) is 57.1 cm³/mol. The molecular weight excluding hydrogens is 210 g/mol. The van der Waals surface area contributed by atoms with Gasteiger partial charge in [-0.3, -0.25) is 4.79 Å². The molecule has 0 aromatic carbocycles. The second kappa shape index (κ2) is 5.61. The minimum Gasteiger partial charge on any atom is -0.481 e. The van der Waals surface area contributed by atoms with Crippen LogP contribution in [0.5, 0.6) is 0 Å². The number of aliphatic carboxylic acids is 1. The second-order valence-corrected chi connectivity index (χ2v) is 4.44. The summed E-state index contributed by atoms with van der Waals surface area (Å²) in [6, 6.07) is 0. The topological polar surface area (TPSA) is 59.0 Å². The normalized spacial score (nSPS) is 28.4. The van der Waals surface area contributed by atoms with Gasteiger partial charge in [0, 0.05) is 19.5 Å². The van der Waals surface area contributed by atoms with Crippen LogP contribution >= 0.6 is 0 Å². The summed E-state index contributed by atoms with van der Waals surface area (Å²) in [5.74, 6) is -0.864. The second-order valence-electron chi connectivity index (χ2n) is 4.44. The molecule has 1 unspecified atom stereocenters. The van der Waals surface area contributed by atoms with Crippen molar-refractivity contribution >= 4 is 5.97 Å². The van der Waals surface area contributed by atoms with E-state index in [2.05, 4.69) is 4.90 Å². The molecule has 2 aliphatic rings. The lowest BCUT2D eigenvalue weighted by Gasteiger charge is -2.30. The van der Waals surface area contributed by atoms with Crippen molar-refractivity contribution < 1.29 is 19.4 Å². The summed E-state index contributed by atoms with van der Waals surface area (Å²) in [4.78, 5) is 13.1. The van der Waals surface area contributed by atoms with Gasteiger partial charge in [-0.2, -0.15) is 0 Å². The van der Waals surface area contributed by atoms with Crippen LogP contribution in [0.25, 0.3) is 0 Å². The standard InChI is InChI=1S/C11H19NO4/c13-11(14)9-2-1-4-12(8-9)5-3-10-15-6-7-16-10/h9-10H,1-8H2,(H,13,14). The molecule has 1 atom stereocenters. The van der Waals surface area contributed by atoms with Crippen LogP contribution in [-0.2, 0) is 14.3 Å². The van der Waals surface area contributed by atoms with Crippen LogP contribution in [0.4, 0.5) is 0 Å². The quantitative estimate of drug-likeness (QED) is 0.762. The summed E-state index contributed by atoms with van der Waals surface area (Å²) in [6.07, 6.45) is 2.54. The molecule has 0 spiro atoms. The number of rotatable bonds is 4. The maximum absolute atomic E-state index is 10.9. The zero-order valence-electron chi connectivity index (χ0n) is 9.43. The molecule has 0 amide bonds. The maximum Gasteiger partial charge on any atom is 0.307 e. The molecule has 0 saturated carbocycles. The SMILES string of the molecule is O=C(O)C1CCCN(CCC2OCCO2)C1. The molecule has 0 aliphatic carbocycles. The lowest BCUT2D eigenvalue weighted by Crippen LogP contribution is -2.40. The highest BCUT2D eigenvalue weighted by molar-refractivity contribution is 5.70. The zero-order valence-corrected chi connectivity index (χ0v) is 9.43. The lowest BCUT2D eigenvalue weighted by atomic mass is 9.98. The monoisotopic (exact) mass is 229 g/mol. The van der Waals surface area contributed by atoms with Gasteiger partial charge < -0.3 is 19.5 Å². The van der Waals surface area contributed by atoms with Crippen LogP contribution in [0.15, 0.2) is 0 Å². The Kier molecular flexibility index (Phi) is 4.15. The van der Waals surface area contributed by atoms with Crippen LogP contribution in [0.2, 0.25) is 0 Å². The number of piperidine rings is 1. The van der Waals surface area contributed by atoms with Gasteiger partial charge in [0.25, 0.3) is 0 Å².